The fourth-order valence-electron chi connectivity index (χ4n) is 8.71. The van der Waals surface area contributed by atoms with Crippen LogP contribution in [0.25, 0.3) is 33.4 Å². The SMILES string of the molecule is CCN1c2cccc(-c3ccc(-c4ccc5c(c4)C(C)(C)C4c6ccccc6-c6ccccc6C54)cc3)c2C/C=C\C=C/[C@H]1C. The highest BCUT2D eigenvalue weighted by Gasteiger charge is 2.50. The fourth-order valence-corrected chi connectivity index (χ4v) is 8.71. The third kappa shape index (κ3) is 4.36. The molecule has 0 bridgehead atoms. The van der Waals surface area contributed by atoms with Gasteiger partial charge in [-0.25, -0.2) is 0 Å². The molecule has 0 N–H and O–H groups in total. The first-order valence-corrected chi connectivity index (χ1v) is 16.6. The Balaban J connectivity index is 1.18. The van der Waals surface area contributed by atoms with Gasteiger partial charge in [-0.05, 0) is 92.9 Å². The Bertz CT molecular complexity index is 1970. The van der Waals surface area contributed by atoms with Crippen molar-refractivity contribution in [1.82, 2.24) is 0 Å². The van der Waals surface area contributed by atoms with Crippen LogP contribution in [0.5, 0.6) is 0 Å². The summed E-state index contributed by atoms with van der Waals surface area (Å²) >= 11 is 0. The van der Waals surface area contributed by atoms with E-state index >= 15 is 0 Å². The molecule has 5 aromatic carbocycles. The van der Waals surface area contributed by atoms with E-state index in [1.807, 2.05) is 0 Å². The highest BCUT2D eigenvalue weighted by atomic mass is 15.1. The summed E-state index contributed by atoms with van der Waals surface area (Å²) in [5.74, 6) is 0.807. The smallest absolute Gasteiger partial charge is 0.0447 e. The molecular weight excluding hydrogens is 542 g/mol. The Morgan fingerprint density at radius 1 is 0.667 bits per heavy atom. The molecule has 3 aliphatic rings. The van der Waals surface area contributed by atoms with Gasteiger partial charge < -0.3 is 4.90 Å². The van der Waals surface area contributed by atoms with Gasteiger partial charge in [0.15, 0.2) is 0 Å². The molecule has 0 amide bonds. The number of hydrogen-bond donors (Lipinski definition) is 0. The summed E-state index contributed by atoms with van der Waals surface area (Å²) in [6.45, 7) is 10.4. The van der Waals surface area contributed by atoms with Crippen LogP contribution in [0.2, 0.25) is 0 Å². The van der Waals surface area contributed by atoms with E-state index in [1.165, 1.54) is 66.9 Å². The molecule has 0 saturated carbocycles. The summed E-state index contributed by atoms with van der Waals surface area (Å²) in [6, 6.07) is 41.9. The second kappa shape index (κ2) is 10.8. The van der Waals surface area contributed by atoms with Crippen molar-refractivity contribution in [2.75, 3.05) is 11.4 Å². The highest BCUT2D eigenvalue weighted by molar-refractivity contribution is 5.81. The van der Waals surface area contributed by atoms with Crippen molar-refractivity contribution >= 4 is 5.69 Å². The zero-order chi connectivity index (χ0) is 30.7. The first-order chi connectivity index (χ1) is 22.0. The van der Waals surface area contributed by atoms with Gasteiger partial charge >= 0.3 is 0 Å². The molecule has 45 heavy (non-hydrogen) atoms. The van der Waals surface area contributed by atoms with E-state index in [0.717, 1.165) is 13.0 Å². The van der Waals surface area contributed by atoms with Crippen molar-refractivity contribution in [3.63, 3.8) is 0 Å². The zero-order valence-corrected chi connectivity index (χ0v) is 26.8. The summed E-state index contributed by atoms with van der Waals surface area (Å²) in [4.78, 5) is 2.51. The Labute approximate surface area is 268 Å². The number of rotatable bonds is 3. The summed E-state index contributed by atoms with van der Waals surface area (Å²) < 4.78 is 0. The van der Waals surface area contributed by atoms with Crippen LogP contribution in [-0.4, -0.2) is 12.6 Å². The van der Waals surface area contributed by atoms with Crippen molar-refractivity contribution in [3.8, 4) is 33.4 Å². The van der Waals surface area contributed by atoms with Crippen LogP contribution >= 0.6 is 0 Å². The lowest BCUT2D eigenvalue weighted by molar-refractivity contribution is 0.420. The summed E-state index contributed by atoms with van der Waals surface area (Å²) in [5, 5.41) is 0. The van der Waals surface area contributed by atoms with E-state index in [-0.39, 0.29) is 5.41 Å². The first-order valence-electron chi connectivity index (χ1n) is 16.6. The second-order valence-electron chi connectivity index (χ2n) is 13.6. The van der Waals surface area contributed by atoms with Gasteiger partial charge in [0.25, 0.3) is 0 Å². The Kier molecular flexibility index (Phi) is 6.68. The third-order valence-corrected chi connectivity index (χ3v) is 10.9. The number of hydrogen-bond acceptors (Lipinski definition) is 1. The molecule has 1 heterocycles. The van der Waals surface area contributed by atoms with E-state index in [0.29, 0.717) is 17.9 Å². The maximum absolute atomic E-state index is 2.51. The molecular formula is C44H41N. The number of fused-ring (bicyclic) bond motifs is 9. The molecule has 0 radical (unpaired) electrons. The van der Waals surface area contributed by atoms with Gasteiger partial charge in [0, 0.05) is 30.1 Å². The van der Waals surface area contributed by atoms with Crippen LogP contribution < -0.4 is 4.90 Å². The predicted molar refractivity (Wildman–Crippen MR) is 191 cm³/mol. The van der Waals surface area contributed by atoms with E-state index in [2.05, 4.69) is 166 Å². The first kappa shape index (κ1) is 27.9. The molecule has 0 aromatic heterocycles. The minimum atomic E-state index is 0.0172. The topological polar surface area (TPSA) is 3.24 Å². The monoisotopic (exact) mass is 583 g/mol. The quantitative estimate of drug-likeness (QED) is 0.204. The van der Waals surface area contributed by atoms with Crippen LogP contribution in [0.15, 0.2) is 133 Å². The molecule has 0 saturated heterocycles. The van der Waals surface area contributed by atoms with Gasteiger partial charge in [-0.3, -0.25) is 0 Å². The largest absolute Gasteiger partial charge is 0.365 e. The van der Waals surface area contributed by atoms with E-state index < -0.39 is 0 Å². The molecule has 1 aliphatic heterocycles. The molecule has 0 spiro atoms. The predicted octanol–water partition coefficient (Wildman–Crippen LogP) is 11.1. The zero-order valence-electron chi connectivity index (χ0n) is 26.8. The molecule has 3 atom stereocenters. The summed E-state index contributed by atoms with van der Waals surface area (Å²) in [5.41, 5.74) is 16.7. The number of allylic oxidation sites excluding steroid dienone is 3. The summed E-state index contributed by atoms with van der Waals surface area (Å²) in [6.07, 6.45) is 9.90. The molecule has 2 unspecified atom stereocenters. The van der Waals surface area contributed by atoms with Gasteiger partial charge in [-0.1, -0.05) is 141 Å². The lowest BCUT2D eigenvalue weighted by Gasteiger charge is -2.38. The van der Waals surface area contributed by atoms with Gasteiger partial charge in [-0.2, -0.15) is 0 Å². The molecule has 0 fully saturated rings. The maximum atomic E-state index is 2.51. The fraction of sp³-hybridized carbons (Fsp3) is 0.227. The molecule has 1 heteroatoms. The standard InChI is InChI=1S/C44H41N/c1-5-45-29(2)14-7-6-8-17-36-33(20-13-21-41(36)45)31-24-22-30(23-25-31)32-26-27-39-40(28-32)44(3,4)43-38-19-12-10-16-35(38)34-15-9-11-18-37(34)42(39)43/h6-16,18-29,42-43H,5,17H2,1-4H3/b8-6-,14-7-/t29-,42?,43?/m1/s1. The third-order valence-electron chi connectivity index (χ3n) is 10.9. The van der Waals surface area contributed by atoms with Crippen molar-refractivity contribution in [3.05, 3.63) is 161 Å². The van der Waals surface area contributed by atoms with E-state index in [9.17, 15) is 0 Å². The Hall–Kier alpha value is -4.62. The Morgan fingerprint density at radius 3 is 2.11 bits per heavy atom. The van der Waals surface area contributed by atoms with Crippen LogP contribution in [0.1, 0.15) is 67.3 Å². The molecule has 1 nitrogen and oxygen atoms in total. The molecule has 5 aromatic rings. The maximum Gasteiger partial charge on any atom is 0.0447 e. The number of nitrogens with zero attached hydrogens (tertiary/aromatic N) is 1. The van der Waals surface area contributed by atoms with Gasteiger partial charge in [0.05, 0.1) is 0 Å². The number of benzene rings is 5. The van der Waals surface area contributed by atoms with Crippen LogP contribution in [0.3, 0.4) is 0 Å². The molecule has 222 valence electrons. The van der Waals surface area contributed by atoms with Gasteiger partial charge in [0.1, 0.15) is 0 Å². The van der Waals surface area contributed by atoms with Crippen molar-refractivity contribution in [2.45, 2.75) is 57.4 Å². The minimum Gasteiger partial charge on any atom is -0.365 e. The average molecular weight is 584 g/mol. The average Bonchev–Trinajstić information content (AvgIpc) is 3.35. The second-order valence-corrected chi connectivity index (χ2v) is 13.6. The van der Waals surface area contributed by atoms with E-state index in [1.54, 1.807) is 0 Å². The number of anilines is 1. The lowest BCUT2D eigenvalue weighted by Crippen LogP contribution is -2.32. The van der Waals surface area contributed by atoms with Crippen LogP contribution in [0.4, 0.5) is 5.69 Å². The van der Waals surface area contributed by atoms with Gasteiger partial charge in [-0.15, -0.1) is 0 Å². The molecule has 8 rings (SSSR count). The molecule has 2 aliphatic carbocycles. The van der Waals surface area contributed by atoms with E-state index in [4.69, 9.17) is 0 Å². The van der Waals surface area contributed by atoms with Crippen LogP contribution in [-0.2, 0) is 11.8 Å². The minimum absolute atomic E-state index is 0.0172. The van der Waals surface area contributed by atoms with Crippen molar-refractivity contribution < 1.29 is 0 Å². The summed E-state index contributed by atoms with van der Waals surface area (Å²) in [7, 11) is 0. The lowest BCUT2D eigenvalue weighted by atomic mass is 9.65. The number of likely N-dealkylation sites (N-methyl/N-ethyl adjacent to an activating group) is 1. The van der Waals surface area contributed by atoms with Crippen molar-refractivity contribution in [1.29, 1.82) is 0 Å². The highest BCUT2D eigenvalue weighted by Crippen LogP contribution is 2.63. The van der Waals surface area contributed by atoms with Gasteiger partial charge in [0.2, 0.25) is 0 Å². The van der Waals surface area contributed by atoms with Crippen molar-refractivity contribution in [2.24, 2.45) is 0 Å². The normalized spacial score (nSPS) is 22.0. The Morgan fingerprint density at radius 2 is 1.33 bits per heavy atom. The van der Waals surface area contributed by atoms with Crippen LogP contribution in [0, 0.1) is 0 Å².